The Morgan fingerprint density at radius 1 is 1.22 bits per heavy atom. The number of hydrogen-bond donors (Lipinski definition) is 1. The Morgan fingerprint density at radius 3 is 2.06 bits per heavy atom. The van der Waals surface area contributed by atoms with Crippen molar-refractivity contribution in [3.8, 4) is 0 Å². The Morgan fingerprint density at radius 2 is 1.67 bits per heavy atom. The zero-order chi connectivity index (χ0) is 14.0. The molecule has 0 bridgehead atoms. The number of anilines is 1. The third-order valence-electron chi connectivity index (χ3n) is 3.77. The number of carbonyl (C=O) groups is 1. The lowest BCUT2D eigenvalue weighted by molar-refractivity contribution is -0.121. The minimum atomic E-state index is -0.144. The van der Waals surface area contributed by atoms with Gasteiger partial charge >= 0.3 is 0 Å². The van der Waals surface area contributed by atoms with E-state index in [-0.39, 0.29) is 11.8 Å². The van der Waals surface area contributed by atoms with E-state index < -0.39 is 0 Å². The first-order valence-electron chi connectivity index (χ1n) is 6.36. The van der Waals surface area contributed by atoms with Gasteiger partial charge in [-0.1, -0.05) is 13.0 Å². The Balaban J connectivity index is 3.29. The van der Waals surface area contributed by atoms with Gasteiger partial charge in [0.15, 0.2) is 0 Å². The van der Waals surface area contributed by atoms with Gasteiger partial charge in [0.25, 0.3) is 0 Å². The van der Waals surface area contributed by atoms with Crippen molar-refractivity contribution in [3.63, 3.8) is 0 Å². The van der Waals surface area contributed by atoms with Crippen LogP contribution < -0.4 is 10.6 Å². The zero-order valence-corrected chi connectivity index (χ0v) is 12.3. The Bertz CT molecular complexity index is 440. The highest BCUT2D eigenvalue weighted by Crippen LogP contribution is 2.30. The molecule has 0 saturated heterocycles. The van der Waals surface area contributed by atoms with Crippen molar-refractivity contribution in [3.05, 3.63) is 28.3 Å². The lowest BCUT2D eigenvalue weighted by atomic mass is 9.97. The lowest BCUT2D eigenvalue weighted by Crippen LogP contribution is -2.36. The average Bonchev–Trinajstić information content (AvgIpc) is 2.34. The maximum Gasteiger partial charge on any atom is 0.230 e. The number of benzene rings is 1. The first kappa shape index (κ1) is 14.7. The van der Waals surface area contributed by atoms with Crippen molar-refractivity contribution >= 4 is 11.6 Å². The molecule has 0 aromatic heterocycles. The molecule has 0 saturated carbocycles. The molecule has 0 aliphatic carbocycles. The molecular formula is C15H24N2O. The second-order valence-corrected chi connectivity index (χ2v) is 5.14. The fourth-order valence-electron chi connectivity index (χ4n) is 2.24. The summed E-state index contributed by atoms with van der Waals surface area (Å²) >= 11 is 0. The van der Waals surface area contributed by atoms with Crippen LogP contribution in [0.2, 0.25) is 0 Å². The van der Waals surface area contributed by atoms with Crippen LogP contribution in [0.1, 0.15) is 29.2 Å². The third-order valence-corrected chi connectivity index (χ3v) is 3.77. The molecule has 100 valence electrons. The first-order chi connectivity index (χ1) is 8.31. The van der Waals surface area contributed by atoms with Gasteiger partial charge in [0.2, 0.25) is 5.91 Å². The van der Waals surface area contributed by atoms with Crippen LogP contribution in [-0.4, -0.2) is 19.5 Å². The molecule has 0 radical (unpaired) electrons. The van der Waals surface area contributed by atoms with Gasteiger partial charge in [0.05, 0.1) is 0 Å². The van der Waals surface area contributed by atoms with E-state index in [1.165, 1.54) is 11.1 Å². The fraction of sp³-hybridized carbons (Fsp3) is 0.533. The summed E-state index contributed by atoms with van der Waals surface area (Å²) in [5, 5.41) is 0. The number of aryl methyl sites for hydroxylation is 2. The van der Waals surface area contributed by atoms with E-state index >= 15 is 0 Å². The molecule has 18 heavy (non-hydrogen) atoms. The molecule has 1 aromatic carbocycles. The van der Waals surface area contributed by atoms with Crippen LogP contribution in [0.25, 0.3) is 0 Å². The number of amides is 1. The summed E-state index contributed by atoms with van der Waals surface area (Å²) in [6.07, 6.45) is 0. The number of hydrogen-bond acceptors (Lipinski definition) is 2. The van der Waals surface area contributed by atoms with Gasteiger partial charge in [-0.15, -0.1) is 0 Å². The fourth-order valence-corrected chi connectivity index (χ4v) is 2.24. The van der Waals surface area contributed by atoms with Crippen LogP contribution in [0.3, 0.4) is 0 Å². The maximum absolute atomic E-state index is 12.2. The number of carbonyl (C=O) groups excluding carboxylic acids is 1. The van der Waals surface area contributed by atoms with Crippen LogP contribution in [0.4, 0.5) is 5.69 Å². The van der Waals surface area contributed by atoms with Crippen molar-refractivity contribution in [1.29, 1.82) is 0 Å². The SMILES string of the molecule is Cc1cc(C)c(C)c(N(C)C(=O)C(C)CN)c1C. The van der Waals surface area contributed by atoms with E-state index in [1.807, 2.05) is 14.0 Å². The molecule has 1 unspecified atom stereocenters. The summed E-state index contributed by atoms with van der Waals surface area (Å²) in [6, 6.07) is 2.17. The van der Waals surface area contributed by atoms with Gasteiger partial charge < -0.3 is 10.6 Å². The molecule has 0 aliphatic rings. The van der Waals surface area contributed by atoms with E-state index in [1.54, 1.807) is 4.90 Å². The molecule has 3 heteroatoms. The van der Waals surface area contributed by atoms with Gasteiger partial charge in [0, 0.05) is 25.2 Å². The summed E-state index contributed by atoms with van der Waals surface area (Å²) in [5.74, 6) is -0.0664. The number of rotatable bonds is 3. The molecule has 3 nitrogen and oxygen atoms in total. The van der Waals surface area contributed by atoms with Crippen molar-refractivity contribution in [2.24, 2.45) is 11.7 Å². The van der Waals surface area contributed by atoms with Gasteiger partial charge in [-0.05, 0) is 49.9 Å². The molecule has 0 spiro atoms. The van der Waals surface area contributed by atoms with E-state index in [4.69, 9.17) is 5.73 Å². The minimum Gasteiger partial charge on any atom is -0.330 e. The summed E-state index contributed by atoms with van der Waals surface area (Å²) in [7, 11) is 1.84. The highest BCUT2D eigenvalue weighted by molar-refractivity contribution is 5.96. The molecule has 0 aliphatic heterocycles. The van der Waals surface area contributed by atoms with Crippen LogP contribution in [0.15, 0.2) is 6.07 Å². The average molecular weight is 248 g/mol. The second kappa shape index (κ2) is 5.53. The molecule has 1 aromatic rings. The summed E-state index contributed by atoms with van der Waals surface area (Å²) in [5.41, 5.74) is 11.4. The van der Waals surface area contributed by atoms with Crippen LogP contribution in [-0.2, 0) is 4.79 Å². The van der Waals surface area contributed by atoms with E-state index in [9.17, 15) is 4.79 Å². The predicted molar refractivity (Wildman–Crippen MR) is 77.0 cm³/mol. The van der Waals surface area contributed by atoms with Gasteiger partial charge in [-0.3, -0.25) is 4.79 Å². The molecule has 0 fully saturated rings. The highest BCUT2D eigenvalue weighted by Gasteiger charge is 2.21. The van der Waals surface area contributed by atoms with Crippen molar-refractivity contribution in [2.45, 2.75) is 34.6 Å². The smallest absolute Gasteiger partial charge is 0.230 e. The van der Waals surface area contributed by atoms with Crippen molar-refractivity contribution < 1.29 is 4.79 Å². The first-order valence-corrected chi connectivity index (χ1v) is 6.36. The van der Waals surface area contributed by atoms with Crippen LogP contribution in [0, 0.1) is 33.6 Å². The molecule has 1 amide bonds. The molecular weight excluding hydrogens is 224 g/mol. The van der Waals surface area contributed by atoms with Crippen molar-refractivity contribution in [2.75, 3.05) is 18.5 Å². The number of nitrogens with two attached hydrogens (primary N) is 1. The second-order valence-electron chi connectivity index (χ2n) is 5.14. The quantitative estimate of drug-likeness (QED) is 0.893. The predicted octanol–water partition coefficient (Wildman–Crippen LogP) is 2.48. The van der Waals surface area contributed by atoms with Gasteiger partial charge in [-0.2, -0.15) is 0 Å². The molecule has 0 heterocycles. The molecule has 1 atom stereocenters. The van der Waals surface area contributed by atoms with E-state index in [2.05, 4.69) is 33.8 Å². The summed E-state index contributed by atoms with van der Waals surface area (Å²) in [6.45, 7) is 10.5. The van der Waals surface area contributed by atoms with E-state index in [0.29, 0.717) is 6.54 Å². The largest absolute Gasteiger partial charge is 0.330 e. The topological polar surface area (TPSA) is 46.3 Å². The van der Waals surface area contributed by atoms with Crippen LogP contribution in [0.5, 0.6) is 0 Å². The van der Waals surface area contributed by atoms with Crippen LogP contribution >= 0.6 is 0 Å². The van der Waals surface area contributed by atoms with Crippen molar-refractivity contribution in [1.82, 2.24) is 0 Å². The third kappa shape index (κ3) is 2.56. The van der Waals surface area contributed by atoms with E-state index in [0.717, 1.165) is 16.8 Å². The van der Waals surface area contributed by atoms with Gasteiger partial charge in [0.1, 0.15) is 0 Å². The standard InChI is InChI=1S/C15H24N2O/c1-9-7-10(2)13(5)14(12(9)4)17(6)15(18)11(3)8-16/h7,11H,8,16H2,1-6H3. The highest BCUT2D eigenvalue weighted by atomic mass is 16.2. The summed E-state index contributed by atoms with van der Waals surface area (Å²) < 4.78 is 0. The molecule has 1 rings (SSSR count). The monoisotopic (exact) mass is 248 g/mol. The Labute approximate surface area is 110 Å². The summed E-state index contributed by atoms with van der Waals surface area (Å²) in [4.78, 5) is 14.0. The Kier molecular flexibility index (Phi) is 4.52. The maximum atomic E-state index is 12.2. The number of nitrogens with zero attached hydrogens (tertiary/aromatic N) is 1. The normalized spacial score (nSPS) is 12.4. The Hall–Kier alpha value is -1.35. The lowest BCUT2D eigenvalue weighted by Gasteiger charge is -2.26. The van der Waals surface area contributed by atoms with Gasteiger partial charge in [-0.25, -0.2) is 0 Å². The minimum absolute atomic E-state index is 0.0775. The zero-order valence-electron chi connectivity index (χ0n) is 12.3. The molecule has 2 N–H and O–H groups in total.